The van der Waals surface area contributed by atoms with Crippen LogP contribution in [0.4, 0.5) is 0 Å². The number of aliphatic hydroxyl groups excluding tert-OH is 1. The molecule has 0 aliphatic heterocycles. The average Bonchev–Trinajstić information content (AvgIpc) is 2.53. The first-order valence-electron chi connectivity index (χ1n) is 7.62. The van der Waals surface area contributed by atoms with Crippen LogP contribution in [0.5, 0.6) is 0 Å². The fourth-order valence-electron chi connectivity index (χ4n) is 5.07. The molecule has 0 heterocycles. The molecule has 5 atom stereocenters. The van der Waals surface area contributed by atoms with Crippen LogP contribution in [-0.2, 0) is 9.53 Å². The van der Waals surface area contributed by atoms with Crippen LogP contribution in [0, 0.1) is 11.8 Å². The van der Waals surface area contributed by atoms with Crippen molar-refractivity contribution >= 4 is 5.97 Å². The van der Waals surface area contributed by atoms with Crippen molar-refractivity contribution in [3.63, 3.8) is 0 Å². The van der Waals surface area contributed by atoms with Crippen molar-refractivity contribution in [1.82, 2.24) is 0 Å². The monoisotopic (exact) mass is 268 g/mol. The van der Waals surface area contributed by atoms with E-state index < -0.39 is 17.3 Å². The Bertz CT molecular complexity index is 382. The van der Waals surface area contributed by atoms with Gasteiger partial charge >= 0.3 is 5.97 Å². The van der Waals surface area contributed by atoms with E-state index in [1.807, 2.05) is 0 Å². The highest BCUT2D eigenvalue weighted by Crippen LogP contribution is 2.64. The smallest absolute Gasteiger partial charge is 0.303 e. The lowest BCUT2D eigenvalue weighted by atomic mass is 9.43. The van der Waals surface area contributed by atoms with Gasteiger partial charge < -0.3 is 14.9 Å². The summed E-state index contributed by atoms with van der Waals surface area (Å²) in [6, 6.07) is 0. The minimum absolute atomic E-state index is 0.0734. The molecule has 3 aliphatic carbocycles. The van der Waals surface area contributed by atoms with Gasteiger partial charge in [0.2, 0.25) is 0 Å². The topological polar surface area (TPSA) is 66.8 Å². The molecule has 3 fully saturated rings. The largest absolute Gasteiger partial charge is 0.458 e. The fraction of sp³-hybridized carbons (Fsp3) is 0.933. The van der Waals surface area contributed by atoms with E-state index in [9.17, 15) is 15.0 Å². The zero-order valence-electron chi connectivity index (χ0n) is 11.6. The maximum Gasteiger partial charge on any atom is 0.303 e. The first-order valence-corrected chi connectivity index (χ1v) is 7.62. The van der Waals surface area contributed by atoms with E-state index in [1.165, 1.54) is 6.92 Å². The van der Waals surface area contributed by atoms with E-state index in [1.54, 1.807) is 0 Å². The molecular weight excluding hydrogens is 244 g/mol. The number of rotatable bonds is 1. The van der Waals surface area contributed by atoms with Gasteiger partial charge in [-0.25, -0.2) is 0 Å². The van der Waals surface area contributed by atoms with Gasteiger partial charge in [-0.2, -0.15) is 0 Å². The lowest BCUT2D eigenvalue weighted by Gasteiger charge is -2.68. The van der Waals surface area contributed by atoms with Crippen LogP contribution in [0.2, 0.25) is 0 Å². The molecule has 0 bridgehead atoms. The van der Waals surface area contributed by atoms with E-state index in [2.05, 4.69) is 0 Å². The van der Waals surface area contributed by atoms with Gasteiger partial charge in [-0.3, -0.25) is 4.79 Å². The molecule has 0 saturated heterocycles. The van der Waals surface area contributed by atoms with Crippen molar-refractivity contribution in [2.75, 3.05) is 0 Å². The summed E-state index contributed by atoms with van der Waals surface area (Å²) in [5, 5.41) is 21.2. The SMILES string of the molecule is CC(=O)O[C@]12CCCCC[C@@H]1[C@]1(O)[C@@H]2CCC[C@@H]1O. The molecule has 2 N–H and O–H groups in total. The Morgan fingerprint density at radius 1 is 1.11 bits per heavy atom. The van der Waals surface area contributed by atoms with Crippen molar-refractivity contribution < 1.29 is 19.7 Å². The molecule has 3 rings (SSSR count). The number of carbonyl (C=O) groups excluding carboxylic acids is 1. The van der Waals surface area contributed by atoms with Crippen LogP contribution in [-0.4, -0.2) is 33.5 Å². The summed E-state index contributed by atoms with van der Waals surface area (Å²) < 4.78 is 5.73. The minimum Gasteiger partial charge on any atom is -0.458 e. The molecule has 0 spiro atoms. The maximum atomic E-state index is 11.5. The fourth-order valence-corrected chi connectivity index (χ4v) is 5.07. The highest BCUT2D eigenvalue weighted by molar-refractivity contribution is 5.67. The van der Waals surface area contributed by atoms with Crippen LogP contribution in [0.25, 0.3) is 0 Å². The normalized spacial score (nSPS) is 49.3. The molecule has 0 amide bonds. The minimum atomic E-state index is -1.02. The number of hydrogen-bond donors (Lipinski definition) is 2. The maximum absolute atomic E-state index is 11.5. The third-order valence-electron chi connectivity index (χ3n) is 5.69. The summed E-state index contributed by atoms with van der Waals surface area (Å²) >= 11 is 0. The number of esters is 1. The molecule has 108 valence electrons. The Labute approximate surface area is 114 Å². The van der Waals surface area contributed by atoms with Crippen molar-refractivity contribution in [2.45, 2.75) is 75.6 Å². The van der Waals surface area contributed by atoms with Crippen LogP contribution < -0.4 is 0 Å². The highest BCUT2D eigenvalue weighted by Gasteiger charge is 2.74. The first kappa shape index (κ1) is 13.4. The summed E-state index contributed by atoms with van der Waals surface area (Å²) in [7, 11) is 0. The van der Waals surface area contributed by atoms with Crippen LogP contribution in [0.3, 0.4) is 0 Å². The van der Waals surface area contributed by atoms with E-state index >= 15 is 0 Å². The quantitative estimate of drug-likeness (QED) is 0.711. The Morgan fingerprint density at radius 3 is 2.47 bits per heavy atom. The molecule has 0 aromatic carbocycles. The summed E-state index contributed by atoms with van der Waals surface area (Å²) in [5.74, 6) is -0.406. The standard InChI is InChI=1S/C15H24O4/c1-10(16)19-14-9-4-2-3-6-11(14)15(18)12(14)7-5-8-13(15)17/h11-13,17-18H,2-9H2,1H3/t11-,12+,13-,14+,15-/m0/s1. The third-order valence-corrected chi connectivity index (χ3v) is 5.69. The van der Waals surface area contributed by atoms with Gasteiger partial charge in [0.1, 0.15) is 11.2 Å². The molecular formula is C15H24O4. The molecule has 0 radical (unpaired) electrons. The second-order valence-electron chi connectivity index (χ2n) is 6.59. The molecule has 0 aromatic rings. The summed E-state index contributed by atoms with van der Waals surface area (Å²) in [6.45, 7) is 1.45. The van der Waals surface area contributed by atoms with Gasteiger partial charge in [-0.1, -0.05) is 19.3 Å². The second-order valence-corrected chi connectivity index (χ2v) is 6.59. The average molecular weight is 268 g/mol. The lowest BCUT2D eigenvalue weighted by Crippen LogP contribution is -2.79. The van der Waals surface area contributed by atoms with Crippen LogP contribution in [0.1, 0.15) is 58.3 Å². The van der Waals surface area contributed by atoms with Crippen LogP contribution >= 0.6 is 0 Å². The lowest BCUT2D eigenvalue weighted by molar-refractivity contribution is -0.337. The van der Waals surface area contributed by atoms with Crippen molar-refractivity contribution in [1.29, 1.82) is 0 Å². The molecule has 4 heteroatoms. The number of fused-ring (bicyclic) bond motifs is 4. The van der Waals surface area contributed by atoms with Gasteiger partial charge in [0.25, 0.3) is 0 Å². The van der Waals surface area contributed by atoms with Gasteiger partial charge in [-0.15, -0.1) is 0 Å². The van der Waals surface area contributed by atoms with E-state index in [0.29, 0.717) is 6.42 Å². The molecule has 0 unspecified atom stereocenters. The number of hydrogen-bond acceptors (Lipinski definition) is 4. The second kappa shape index (κ2) is 4.45. The number of carbonyl (C=O) groups is 1. The predicted molar refractivity (Wildman–Crippen MR) is 69.4 cm³/mol. The summed E-state index contributed by atoms with van der Waals surface area (Å²) in [4.78, 5) is 11.5. The predicted octanol–water partition coefficient (Wildman–Crippen LogP) is 1.77. The Balaban J connectivity index is 1.96. The summed E-state index contributed by atoms with van der Waals surface area (Å²) in [5.41, 5.74) is -1.52. The molecule has 4 nitrogen and oxygen atoms in total. The van der Waals surface area contributed by atoms with Gasteiger partial charge in [0.05, 0.1) is 6.10 Å². The van der Waals surface area contributed by atoms with Gasteiger partial charge in [0, 0.05) is 18.8 Å². The Hall–Kier alpha value is -0.610. The molecule has 0 aromatic heterocycles. The third kappa shape index (κ3) is 1.69. The summed E-state index contributed by atoms with van der Waals surface area (Å²) in [6.07, 6.45) is 6.70. The first-order chi connectivity index (χ1) is 9.02. The zero-order chi connectivity index (χ0) is 13.7. The number of aliphatic hydroxyl groups is 2. The highest BCUT2D eigenvalue weighted by atomic mass is 16.6. The van der Waals surface area contributed by atoms with Crippen LogP contribution in [0.15, 0.2) is 0 Å². The zero-order valence-corrected chi connectivity index (χ0v) is 11.6. The van der Waals surface area contributed by atoms with E-state index in [-0.39, 0.29) is 17.8 Å². The number of ether oxygens (including phenoxy) is 1. The Kier molecular flexibility index (Phi) is 3.13. The van der Waals surface area contributed by atoms with Gasteiger partial charge in [0.15, 0.2) is 0 Å². The van der Waals surface area contributed by atoms with E-state index in [4.69, 9.17) is 4.74 Å². The van der Waals surface area contributed by atoms with Crippen molar-refractivity contribution in [3.05, 3.63) is 0 Å². The molecule has 3 saturated carbocycles. The molecule has 3 aliphatic rings. The Morgan fingerprint density at radius 2 is 1.79 bits per heavy atom. The van der Waals surface area contributed by atoms with Crippen molar-refractivity contribution in [3.8, 4) is 0 Å². The van der Waals surface area contributed by atoms with Crippen molar-refractivity contribution in [2.24, 2.45) is 11.8 Å². The van der Waals surface area contributed by atoms with Gasteiger partial charge in [-0.05, 0) is 32.1 Å². The van der Waals surface area contributed by atoms with E-state index in [0.717, 1.165) is 44.9 Å². The molecule has 19 heavy (non-hydrogen) atoms.